The van der Waals surface area contributed by atoms with Crippen molar-refractivity contribution in [2.75, 3.05) is 19.6 Å². The van der Waals surface area contributed by atoms with Gasteiger partial charge in [-0.3, -0.25) is 4.99 Å². The lowest BCUT2D eigenvalue weighted by Crippen LogP contribution is -2.50. The van der Waals surface area contributed by atoms with Crippen LogP contribution >= 0.6 is 0 Å². The molecule has 1 N–H and O–H groups in total. The number of fused-ring (bicyclic) bond motifs is 2. The Morgan fingerprint density at radius 3 is 2.85 bits per heavy atom. The molecule has 110 valence electrons. The minimum atomic E-state index is 0.708. The molecule has 3 saturated carbocycles. The van der Waals surface area contributed by atoms with E-state index in [9.17, 15) is 0 Å². The number of nitrogens with zero attached hydrogens (tertiary/aromatic N) is 2. The van der Waals surface area contributed by atoms with E-state index in [0.717, 1.165) is 29.2 Å². The van der Waals surface area contributed by atoms with Crippen LogP contribution in [-0.4, -0.2) is 36.5 Å². The van der Waals surface area contributed by atoms with Crippen molar-refractivity contribution in [3.8, 4) is 0 Å². The van der Waals surface area contributed by atoms with E-state index in [0.29, 0.717) is 6.04 Å². The van der Waals surface area contributed by atoms with Crippen LogP contribution in [0.1, 0.15) is 51.9 Å². The first-order chi connectivity index (χ1) is 9.70. The second kappa shape index (κ2) is 3.72. The first kappa shape index (κ1) is 11.9. The molecule has 3 nitrogen and oxygen atoms in total. The Hall–Kier alpha value is -0.730. The van der Waals surface area contributed by atoms with Crippen LogP contribution in [0.25, 0.3) is 0 Å². The summed E-state index contributed by atoms with van der Waals surface area (Å²) in [5.74, 6) is 2.99. The second-order valence-corrected chi connectivity index (χ2v) is 8.55. The van der Waals surface area contributed by atoms with Crippen molar-refractivity contribution in [2.45, 2.75) is 57.9 Å². The van der Waals surface area contributed by atoms with Gasteiger partial charge in [0.05, 0.1) is 12.6 Å². The molecule has 2 spiro atoms. The number of hydrogen-bond donors (Lipinski definition) is 1. The average molecular weight is 273 g/mol. The number of hydrogen-bond acceptors (Lipinski definition) is 3. The van der Waals surface area contributed by atoms with Crippen molar-refractivity contribution in [1.82, 2.24) is 10.2 Å². The zero-order chi connectivity index (χ0) is 13.4. The fourth-order valence-corrected chi connectivity index (χ4v) is 5.56. The van der Waals surface area contributed by atoms with Crippen LogP contribution in [0, 0.1) is 22.7 Å². The van der Waals surface area contributed by atoms with Crippen LogP contribution in [0.15, 0.2) is 4.99 Å². The highest BCUT2D eigenvalue weighted by molar-refractivity contribution is 5.82. The molecule has 4 fully saturated rings. The molecule has 0 aromatic heterocycles. The Morgan fingerprint density at radius 2 is 2.10 bits per heavy atom. The molecule has 3 heteroatoms. The van der Waals surface area contributed by atoms with Crippen molar-refractivity contribution < 1.29 is 0 Å². The Balaban J connectivity index is 1.14. The molecule has 5 rings (SSSR count). The van der Waals surface area contributed by atoms with Crippen LogP contribution < -0.4 is 5.32 Å². The summed E-state index contributed by atoms with van der Waals surface area (Å²) in [5, 5.41) is 3.69. The molecule has 2 heterocycles. The Kier molecular flexibility index (Phi) is 2.21. The van der Waals surface area contributed by atoms with E-state index in [1.807, 2.05) is 0 Å². The van der Waals surface area contributed by atoms with Crippen molar-refractivity contribution in [3.63, 3.8) is 0 Å². The fourth-order valence-electron chi connectivity index (χ4n) is 5.56. The monoisotopic (exact) mass is 273 g/mol. The fraction of sp³-hybridized carbons (Fsp3) is 0.941. The van der Waals surface area contributed by atoms with Gasteiger partial charge in [-0.15, -0.1) is 0 Å². The molecule has 0 bridgehead atoms. The van der Waals surface area contributed by atoms with Crippen LogP contribution in [0.2, 0.25) is 0 Å². The minimum Gasteiger partial charge on any atom is -0.356 e. The summed E-state index contributed by atoms with van der Waals surface area (Å²) in [6.45, 7) is 5.80. The van der Waals surface area contributed by atoms with Gasteiger partial charge in [-0.1, -0.05) is 6.92 Å². The smallest absolute Gasteiger partial charge is 0.194 e. The van der Waals surface area contributed by atoms with E-state index in [1.54, 1.807) is 19.3 Å². The van der Waals surface area contributed by atoms with E-state index in [2.05, 4.69) is 17.1 Å². The van der Waals surface area contributed by atoms with E-state index in [1.165, 1.54) is 44.7 Å². The van der Waals surface area contributed by atoms with Gasteiger partial charge in [0.2, 0.25) is 0 Å². The number of aliphatic imine (C=N–C) groups is 1. The standard InChI is InChI=1S/C17H27N3/c1-12-2-3-14-9-19-15(20(14)10-12)18-8-13-6-17(7-13)11-16(17)4-5-16/h12-14H,2-11H2,1H3,(H,18,19). The molecule has 3 aliphatic carbocycles. The topological polar surface area (TPSA) is 27.6 Å². The highest BCUT2D eigenvalue weighted by Crippen LogP contribution is 2.86. The Labute approximate surface area is 122 Å². The maximum absolute atomic E-state index is 4.77. The van der Waals surface area contributed by atoms with E-state index >= 15 is 0 Å². The highest BCUT2D eigenvalue weighted by Gasteiger charge is 2.76. The summed E-state index contributed by atoms with van der Waals surface area (Å²) in [6, 6.07) is 0.708. The summed E-state index contributed by atoms with van der Waals surface area (Å²) in [4.78, 5) is 7.33. The highest BCUT2D eigenvalue weighted by atomic mass is 15.4. The Morgan fingerprint density at radius 1 is 1.25 bits per heavy atom. The summed E-state index contributed by atoms with van der Waals surface area (Å²) < 4.78 is 0. The van der Waals surface area contributed by atoms with Gasteiger partial charge >= 0.3 is 0 Å². The predicted octanol–water partition coefficient (Wildman–Crippen LogP) is 2.63. The van der Waals surface area contributed by atoms with Crippen molar-refractivity contribution in [3.05, 3.63) is 0 Å². The van der Waals surface area contributed by atoms with Gasteiger partial charge in [0.25, 0.3) is 0 Å². The first-order valence-corrected chi connectivity index (χ1v) is 8.75. The quantitative estimate of drug-likeness (QED) is 0.837. The van der Waals surface area contributed by atoms with Gasteiger partial charge in [0, 0.05) is 13.1 Å². The average Bonchev–Trinajstić information content (AvgIpc) is 3.27. The molecule has 0 radical (unpaired) electrons. The van der Waals surface area contributed by atoms with Gasteiger partial charge in [-0.25, -0.2) is 0 Å². The third kappa shape index (κ3) is 1.55. The lowest BCUT2D eigenvalue weighted by Gasteiger charge is -2.39. The second-order valence-electron chi connectivity index (χ2n) is 8.55. The van der Waals surface area contributed by atoms with Crippen molar-refractivity contribution >= 4 is 5.96 Å². The summed E-state index contributed by atoms with van der Waals surface area (Å²) in [6.07, 6.45) is 10.4. The van der Waals surface area contributed by atoms with Crippen LogP contribution in [-0.2, 0) is 0 Å². The molecular formula is C17H27N3. The number of guanidine groups is 1. The molecule has 1 saturated heterocycles. The predicted molar refractivity (Wildman–Crippen MR) is 80.6 cm³/mol. The molecule has 5 aliphatic rings. The molecule has 2 aliphatic heterocycles. The third-order valence-corrected chi connectivity index (χ3v) is 7.10. The van der Waals surface area contributed by atoms with Crippen LogP contribution in [0.5, 0.6) is 0 Å². The van der Waals surface area contributed by atoms with Gasteiger partial charge in [0.15, 0.2) is 5.96 Å². The number of piperidine rings is 1. The normalized spacial score (nSPS) is 47.0. The van der Waals surface area contributed by atoms with E-state index in [4.69, 9.17) is 4.99 Å². The largest absolute Gasteiger partial charge is 0.356 e. The lowest BCUT2D eigenvalue weighted by molar-refractivity contribution is 0.143. The van der Waals surface area contributed by atoms with Crippen LogP contribution in [0.4, 0.5) is 0 Å². The van der Waals surface area contributed by atoms with Gasteiger partial charge < -0.3 is 10.2 Å². The zero-order valence-electron chi connectivity index (χ0n) is 12.7. The van der Waals surface area contributed by atoms with Crippen molar-refractivity contribution in [1.29, 1.82) is 0 Å². The molecular weight excluding hydrogens is 246 g/mol. The van der Waals surface area contributed by atoms with Crippen LogP contribution in [0.3, 0.4) is 0 Å². The Bertz CT molecular complexity index is 459. The number of rotatable bonds is 2. The summed E-state index contributed by atoms with van der Waals surface area (Å²) in [7, 11) is 0. The molecule has 20 heavy (non-hydrogen) atoms. The van der Waals surface area contributed by atoms with E-state index < -0.39 is 0 Å². The molecule has 2 unspecified atom stereocenters. The summed E-state index contributed by atoms with van der Waals surface area (Å²) in [5.41, 5.74) is 1.74. The van der Waals surface area contributed by atoms with Gasteiger partial charge in [0.1, 0.15) is 0 Å². The van der Waals surface area contributed by atoms with Gasteiger partial charge in [-0.05, 0) is 67.6 Å². The molecule has 2 atom stereocenters. The summed E-state index contributed by atoms with van der Waals surface area (Å²) >= 11 is 0. The molecule has 0 amide bonds. The molecule has 0 aromatic carbocycles. The van der Waals surface area contributed by atoms with Crippen molar-refractivity contribution in [2.24, 2.45) is 27.7 Å². The molecule has 0 aromatic rings. The van der Waals surface area contributed by atoms with Gasteiger partial charge in [-0.2, -0.15) is 0 Å². The van der Waals surface area contributed by atoms with E-state index in [-0.39, 0.29) is 0 Å². The maximum Gasteiger partial charge on any atom is 0.194 e. The zero-order valence-corrected chi connectivity index (χ0v) is 12.7. The SMILES string of the molecule is CC1CCC2CN=C(NCC3CC4(C3)CC43CC3)N2C1. The lowest BCUT2D eigenvalue weighted by atomic mass is 9.70. The minimum absolute atomic E-state index is 0.708. The third-order valence-electron chi connectivity index (χ3n) is 7.10. The maximum atomic E-state index is 4.77. The first-order valence-electron chi connectivity index (χ1n) is 8.75. The number of nitrogens with one attached hydrogen (secondary N) is 1.